The van der Waals surface area contributed by atoms with E-state index in [1.165, 1.54) is 44.0 Å². The van der Waals surface area contributed by atoms with E-state index in [2.05, 4.69) is 34.2 Å². The van der Waals surface area contributed by atoms with Crippen LogP contribution in [-0.4, -0.2) is 68.6 Å². The molecule has 1 fully saturated rings. The Morgan fingerprint density at radius 3 is 2.48 bits per heavy atom. The van der Waals surface area contributed by atoms with Gasteiger partial charge in [-0.1, -0.05) is 63.2 Å². The van der Waals surface area contributed by atoms with E-state index in [9.17, 15) is 13.6 Å². The van der Waals surface area contributed by atoms with Gasteiger partial charge in [0.05, 0.1) is 30.8 Å². The van der Waals surface area contributed by atoms with E-state index >= 15 is 0 Å². The molecule has 1 aliphatic heterocycles. The van der Waals surface area contributed by atoms with Gasteiger partial charge in [0.25, 0.3) is 0 Å². The maximum Gasteiger partial charge on any atom is 0.218 e. The molecule has 42 heavy (non-hydrogen) atoms. The number of alkyl halides is 1. The van der Waals surface area contributed by atoms with Crippen LogP contribution in [0.5, 0.6) is 0 Å². The highest BCUT2D eigenvalue weighted by Crippen LogP contribution is 2.34. The zero-order chi connectivity index (χ0) is 31.6. The molecule has 1 aromatic carbocycles. The molecule has 0 radical (unpaired) electrons. The van der Waals surface area contributed by atoms with Crippen molar-refractivity contribution in [2.75, 3.05) is 52.3 Å². The Hall–Kier alpha value is -2.75. The Bertz CT molecular complexity index is 989. The molecule has 236 valence electrons. The molecule has 0 saturated heterocycles. The normalized spacial score (nSPS) is 15.7. The second-order valence-electron chi connectivity index (χ2n) is 9.22. The SMILES string of the molecule is C=CCNCCO/C(=C/C=C(\C)F)CC.CC.CF.CN1CCC(N=CNc2ccccc2)=C(C(=O)SC2CCC2)C1. The van der Waals surface area contributed by atoms with Gasteiger partial charge in [-0.3, -0.25) is 9.18 Å². The third-order valence-electron chi connectivity index (χ3n) is 6.01. The molecule has 2 aliphatic rings. The smallest absolute Gasteiger partial charge is 0.218 e. The third kappa shape index (κ3) is 17.9. The Balaban J connectivity index is 0.000000773. The Kier molecular flexibility index (Phi) is 24.2. The standard InChI is InChI=1S/C18H23N3OS.C12H20FNO.C2H6.CH3F/c1-21-11-10-17(20-13-19-14-6-3-2-4-7-14)16(12-21)18(22)23-15-8-5-9-15;1-4-8-14-9-10-15-12(5-2)7-6-11(3)13;2*1-2/h2-4,6-7,13,15H,5,8-12H2,1H3,(H,19,20);4,6-7,14H,1,5,8-10H2,2-3H3;1-2H3;1H3/b;11-6+,12-7+;;. The molecule has 1 aliphatic carbocycles. The molecule has 0 aromatic heterocycles. The molecule has 9 heteroatoms. The molecule has 0 unspecified atom stereocenters. The van der Waals surface area contributed by atoms with Crippen LogP contribution in [0.2, 0.25) is 0 Å². The number of hydrogen-bond acceptors (Lipinski definition) is 6. The fourth-order valence-corrected chi connectivity index (χ4v) is 4.77. The molecule has 3 rings (SSSR count). The number of benzene rings is 1. The predicted molar refractivity (Wildman–Crippen MR) is 179 cm³/mol. The number of anilines is 1. The summed E-state index contributed by atoms with van der Waals surface area (Å²) in [6, 6.07) is 9.93. The number of nitrogens with zero attached hydrogens (tertiary/aromatic N) is 2. The average Bonchev–Trinajstić information content (AvgIpc) is 3.00. The summed E-state index contributed by atoms with van der Waals surface area (Å²) in [6.07, 6.45) is 11.8. The van der Waals surface area contributed by atoms with E-state index in [0.29, 0.717) is 25.6 Å². The van der Waals surface area contributed by atoms with E-state index in [4.69, 9.17) is 4.74 Å². The number of ether oxygens (including phenoxy) is 1. The summed E-state index contributed by atoms with van der Waals surface area (Å²) < 4.78 is 27.4. The highest BCUT2D eigenvalue weighted by molar-refractivity contribution is 8.14. The van der Waals surface area contributed by atoms with Gasteiger partial charge in [0, 0.05) is 55.5 Å². The lowest BCUT2D eigenvalue weighted by atomic mass is 10.00. The Morgan fingerprint density at radius 2 is 1.90 bits per heavy atom. The molecule has 1 aromatic rings. The van der Waals surface area contributed by atoms with Crippen LogP contribution in [0, 0.1) is 0 Å². The van der Waals surface area contributed by atoms with Crippen LogP contribution < -0.4 is 10.6 Å². The quantitative estimate of drug-likeness (QED) is 0.0591. The van der Waals surface area contributed by atoms with Crippen molar-refractivity contribution in [3.8, 4) is 0 Å². The lowest BCUT2D eigenvalue weighted by Crippen LogP contribution is -2.31. The van der Waals surface area contributed by atoms with Crippen molar-refractivity contribution in [1.82, 2.24) is 10.2 Å². The van der Waals surface area contributed by atoms with Crippen LogP contribution in [-0.2, 0) is 9.53 Å². The number of para-hydroxylation sites is 1. The van der Waals surface area contributed by atoms with Crippen LogP contribution in [0.3, 0.4) is 0 Å². The summed E-state index contributed by atoms with van der Waals surface area (Å²) in [4.78, 5) is 19.3. The molecule has 0 amide bonds. The zero-order valence-electron chi connectivity index (χ0n) is 26.4. The number of rotatable bonds is 13. The number of allylic oxidation sites excluding steroid dienone is 4. The van der Waals surface area contributed by atoms with Gasteiger partial charge in [-0.05, 0) is 51.1 Å². The van der Waals surface area contributed by atoms with Gasteiger partial charge in [0.15, 0.2) is 0 Å². The van der Waals surface area contributed by atoms with Gasteiger partial charge in [-0.2, -0.15) is 0 Å². The first-order valence-electron chi connectivity index (χ1n) is 14.7. The third-order valence-corrected chi connectivity index (χ3v) is 7.27. The Morgan fingerprint density at radius 1 is 1.21 bits per heavy atom. The lowest BCUT2D eigenvalue weighted by molar-refractivity contribution is -0.108. The second kappa shape index (κ2) is 25.9. The number of nitrogens with one attached hydrogen (secondary N) is 2. The molecule has 2 N–H and O–H groups in total. The summed E-state index contributed by atoms with van der Waals surface area (Å²) in [7, 11) is 2.56. The predicted octanol–water partition coefficient (Wildman–Crippen LogP) is 8.09. The number of aliphatic imine (C=N–C) groups is 1. The molecule has 0 spiro atoms. The van der Waals surface area contributed by atoms with Crippen LogP contribution in [0.15, 0.2) is 83.0 Å². The maximum atomic E-state index is 12.6. The lowest BCUT2D eigenvalue weighted by Gasteiger charge is -2.28. The molecular formula is C33H52F2N4O2S. The summed E-state index contributed by atoms with van der Waals surface area (Å²) in [5, 5.41) is 7.03. The van der Waals surface area contributed by atoms with Gasteiger partial charge in [-0.25, -0.2) is 9.38 Å². The minimum absolute atomic E-state index is 0.214. The minimum atomic E-state index is -0.214. The number of carbonyl (C=O) groups excluding carboxylic acids is 1. The van der Waals surface area contributed by atoms with Crippen molar-refractivity contribution in [2.24, 2.45) is 4.99 Å². The number of likely N-dealkylation sites (N-methyl/N-ethyl adjacent to an activating group) is 1. The average molecular weight is 607 g/mol. The van der Waals surface area contributed by atoms with E-state index < -0.39 is 0 Å². The summed E-state index contributed by atoms with van der Waals surface area (Å²) in [6.45, 7) is 14.8. The first-order chi connectivity index (χ1) is 20.4. The van der Waals surface area contributed by atoms with Gasteiger partial charge in [0.2, 0.25) is 5.12 Å². The molecule has 0 bridgehead atoms. The van der Waals surface area contributed by atoms with E-state index in [0.717, 1.165) is 55.2 Å². The van der Waals surface area contributed by atoms with Crippen molar-refractivity contribution in [1.29, 1.82) is 0 Å². The maximum absolute atomic E-state index is 12.6. The van der Waals surface area contributed by atoms with E-state index in [1.54, 1.807) is 18.5 Å². The molecule has 0 atom stereocenters. The summed E-state index contributed by atoms with van der Waals surface area (Å²) in [5.74, 6) is 0.585. The van der Waals surface area contributed by atoms with Crippen LogP contribution in [0.25, 0.3) is 0 Å². The van der Waals surface area contributed by atoms with Gasteiger partial charge in [-0.15, -0.1) is 6.58 Å². The van der Waals surface area contributed by atoms with Crippen molar-refractivity contribution in [2.45, 2.75) is 65.0 Å². The fourth-order valence-electron chi connectivity index (χ4n) is 3.58. The van der Waals surface area contributed by atoms with Crippen molar-refractivity contribution in [3.63, 3.8) is 0 Å². The minimum Gasteiger partial charge on any atom is -0.497 e. The first kappa shape index (κ1) is 39.2. The number of hydrogen-bond donors (Lipinski definition) is 2. The Labute approximate surface area is 257 Å². The molecule has 6 nitrogen and oxygen atoms in total. The van der Waals surface area contributed by atoms with Crippen molar-refractivity contribution >= 4 is 28.9 Å². The number of halogens is 2. The van der Waals surface area contributed by atoms with Crippen LogP contribution >= 0.6 is 11.8 Å². The first-order valence-corrected chi connectivity index (χ1v) is 15.6. The number of thioether (sulfide) groups is 1. The van der Waals surface area contributed by atoms with Gasteiger partial charge in [0.1, 0.15) is 6.61 Å². The second-order valence-corrected chi connectivity index (χ2v) is 10.5. The van der Waals surface area contributed by atoms with Crippen LogP contribution in [0.4, 0.5) is 14.5 Å². The zero-order valence-corrected chi connectivity index (χ0v) is 27.2. The highest BCUT2D eigenvalue weighted by Gasteiger charge is 2.27. The highest BCUT2D eigenvalue weighted by atomic mass is 32.2. The van der Waals surface area contributed by atoms with E-state index in [1.807, 2.05) is 51.1 Å². The van der Waals surface area contributed by atoms with Crippen LogP contribution in [0.1, 0.15) is 59.8 Å². The monoisotopic (exact) mass is 606 g/mol. The largest absolute Gasteiger partial charge is 0.497 e. The summed E-state index contributed by atoms with van der Waals surface area (Å²) in [5.41, 5.74) is 2.81. The molecule has 1 saturated carbocycles. The fraction of sp³-hybridized carbons (Fsp3) is 0.515. The summed E-state index contributed by atoms with van der Waals surface area (Å²) >= 11 is 1.51. The topological polar surface area (TPSA) is 66.0 Å². The molecular weight excluding hydrogens is 554 g/mol. The van der Waals surface area contributed by atoms with Crippen molar-refractivity contribution < 1.29 is 18.3 Å². The van der Waals surface area contributed by atoms with E-state index in [-0.39, 0.29) is 10.9 Å². The number of carbonyl (C=O) groups is 1. The van der Waals surface area contributed by atoms with Crippen molar-refractivity contribution in [3.05, 3.63) is 78.0 Å². The van der Waals surface area contributed by atoms with Gasteiger partial charge >= 0.3 is 0 Å². The van der Waals surface area contributed by atoms with Gasteiger partial charge < -0.3 is 20.3 Å². The molecule has 1 heterocycles.